The first-order chi connectivity index (χ1) is 9.54. The number of nitrogen functional groups attached to an aromatic ring is 1. The van der Waals surface area contributed by atoms with Crippen molar-refractivity contribution >= 4 is 21.4 Å². The summed E-state index contributed by atoms with van der Waals surface area (Å²) < 4.78 is 26.7. The van der Waals surface area contributed by atoms with E-state index in [1.165, 1.54) is 10.5 Å². The highest BCUT2D eigenvalue weighted by Crippen LogP contribution is 2.35. The maximum absolute atomic E-state index is 12.7. The van der Waals surface area contributed by atoms with Crippen LogP contribution in [0.3, 0.4) is 0 Å². The van der Waals surface area contributed by atoms with Gasteiger partial charge < -0.3 is 10.7 Å². The van der Waals surface area contributed by atoms with Crippen LogP contribution in [0, 0.1) is 0 Å². The molecule has 106 valence electrons. The minimum Gasteiger partial charge on any atom is -0.398 e. The van der Waals surface area contributed by atoms with Gasteiger partial charge in [-0.2, -0.15) is 8.42 Å². The molecule has 1 aromatic carbocycles. The summed E-state index contributed by atoms with van der Waals surface area (Å²) in [6.45, 7) is 2.33. The number of imidazole rings is 1. The number of hydrogen-bond acceptors (Lipinski definition) is 4. The fraction of sp³-hybridized carbons (Fsp3) is 0.308. The van der Waals surface area contributed by atoms with Crippen LogP contribution in [-0.2, 0) is 22.9 Å². The van der Waals surface area contributed by atoms with Gasteiger partial charge in [0.05, 0.1) is 11.9 Å². The molecule has 3 N–H and O–H groups in total. The molecule has 0 saturated carbocycles. The average molecular weight is 292 g/mol. The Bertz CT molecular complexity index is 751. The van der Waals surface area contributed by atoms with E-state index in [9.17, 15) is 8.42 Å². The molecule has 0 bridgehead atoms. The summed E-state index contributed by atoms with van der Waals surface area (Å²) in [5.41, 5.74) is 8.10. The number of aromatic amines is 1. The molecule has 1 aromatic heterocycles. The molecule has 0 saturated heterocycles. The Morgan fingerprint density at radius 2 is 2.25 bits per heavy atom. The topological polar surface area (TPSA) is 92.1 Å². The Kier molecular flexibility index (Phi) is 2.93. The van der Waals surface area contributed by atoms with Crippen molar-refractivity contribution in [2.45, 2.75) is 24.8 Å². The Morgan fingerprint density at radius 3 is 2.95 bits per heavy atom. The zero-order chi connectivity index (χ0) is 14.3. The van der Waals surface area contributed by atoms with Crippen LogP contribution in [-0.4, -0.2) is 24.9 Å². The Morgan fingerprint density at radius 1 is 1.45 bits per heavy atom. The number of benzene rings is 1. The van der Waals surface area contributed by atoms with Crippen LogP contribution in [0.25, 0.3) is 0 Å². The number of nitrogens with zero attached hydrogens (tertiary/aromatic N) is 2. The second kappa shape index (κ2) is 4.52. The highest BCUT2D eigenvalue weighted by molar-refractivity contribution is 7.92. The second-order valence-electron chi connectivity index (χ2n) is 4.72. The van der Waals surface area contributed by atoms with Gasteiger partial charge in [-0.05, 0) is 18.6 Å². The first kappa shape index (κ1) is 13.0. The van der Waals surface area contributed by atoms with Crippen molar-refractivity contribution in [3.63, 3.8) is 0 Å². The van der Waals surface area contributed by atoms with Gasteiger partial charge in [-0.1, -0.05) is 13.0 Å². The highest BCUT2D eigenvalue weighted by Gasteiger charge is 2.32. The summed E-state index contributed by atoms with van der Waals surface area (Å²) in [7, 11) is -3.60. The molecule has 0 atom stereocenters. The lowest BCUT2D eigenvalue weighted by atomic mass is 10.1. The third kappa shape index (κ3) is 1.85. The molecule has 3 rings (SSSR count). The normalized spacial score (nSPS) is 14.6. The maximum Gasteiger partial charge on any atom is 0.281 e. The Hall–Kier alpha value is -2.02. The van der Waals surface area contributed by atoms with Gasteiger partial charge in [-0.15, -0.1) is 0 Å². The van der Waals surface area contributed by atoms with E-state index in [0.717, 1.165) is 5.56 Å². The quantitative estimate of drug-likeness (QED) is 0.834. The van der Waals surface area contributed by atoms with Crippen molar-refractivity contribution in [2.24, 2.45) is 0 Å². The number of sulfonamides is 1. The van der Waals surface area contributed by atoms with E-state index in [0.29, 0.717) is 36.6 Å². The third-order valence-electron chi connectivity index (χ3n) is 3.53. The Balaban J connectivity index is 2.05. The third-order valence-corrected chi connectivity index (χ3v) is 5.25. The van der Waals surface area contributed by atoms with Crippen LogP contribution in [0.2, 0.25) is 0 Å². The molecule has 0 radical (unpaired) electrons. The summed E-state index contributed by atoms with van der Waals surface area (Å²) in [4.78, 5) is 6.91. The van der Waals surface area contributed by atoms with Crippen molar-refractivity contribution in [3.8, 4) is 0 Å². The molecule has 1 aliphatic rings. The molecule has 1 aliphatic heterocycles. The number of nitrogens with two attached hydrogens (primary N) is 1. The molecule has 0 unspecified atom stereocenters. The largest absolute Gasteiger partial charge is 0.398 e. The van der Waals surface area contributed by atoms with Gasteiger partial charge in [0, 0.05) is 24.2 Å². The van der Waals surface area contributed by atoms with Gasteiger partial charge in [0.25, 0.3) is 10.0 Å². The summed E-state index contributed by atoms with van der Waals surface area (Å²) in [6.07, 6.45) is 2.67. The van der Waals surface area contributed by atoms with Crippen molar-refractivity contribution in [1.82, 2.24) is 9.97 Å². The number of hydrogen-bond donors (Lipinski definition) is 2. The van der Waals surface area contributed by atoms with E-state index >= 15 is 0 Å². The zero-order valence-corrected chi connectivity index (χ0v) is 11.9. The monoisotopic (exact) mass is 292 g/mol. The van der Waals surface area contributed by atoms with Crippen LogP contribution in [0.5, 0.6) is 0 Å². The molecule has 2 heterocycles. The predicted octanol–water partition coefficient (Wildman–Crippen LogP) is 1.31. The zero-order valence-electron chi connectivity index (χ0n) is 11.1. The van der Waals surface area contributed by atoms with Crippen molar-refractivity contribution in [2.75, 3.05) is 16.6 Å². The molecule has 0 amide bonds. The van der Waals surface area contributed by atoms with Gasteiger partial charge in [-0.25, -0.2) is 4.98 Å². The minimum absolute atomic E-state index is 0.129. The van der Waals surface area contributed by atoms with Crippen LogP contribution in [0.4, 0.5) is 11.4 Å². The molecular weight excluding hydrogens is 276 g/mol. The fourth-order valence-electron chi connectivity index (χ4n) is 2.45. The highest BCUT2D eigenvalue weighted by atomic mass is 32.2. The first-order valence-corrected chi connectivity index (χ1v) is 7.92. The van der Waals surface area contributed by atoms with Gasteiger partial charge in [0.15, 0.2) is 5.03 Å². The summed E-state index contributed by atoms with van der Waals surface area (Å²) in [5, 5.41) is 0.129. The average Bonchev–Trinajstić information content (AvgIpc) is 3.06. The lowest BCUT2D eigenvalue weighted by Gasteiger charge is -2.18. The van der Waals surface area contributed by atoms with Crippen LogP contribution >= 0.6 is 0 Å². The number of aryl methyl sites for hydroxylation is 1. The lowest BCUT2D eigenvalue weighted by Crippen LogP contribution is -2.29. The van der Waals surface area contributed by atoms with Gasteiger partial charge in [0.1, 0.15) is 5.82 Å². The molecule has 0 spiro atoms. The smallest absolute Gasteiger partial charge is 0.281 e. The van der Waals surface area contributed by atoms with E-state index in [4.69, 9.17) is 5.73 Å². The van der Waals surface area contributed by atoms with E-state index in [-0.39, 0.29) is 5.03 Å². The SMILES string of the molecule is CCc1ncc(S(=O)(=O)N2CCc3c(N)cccc32)[nH]1. The minimum atomic E-state index is -3.60. The maximum atomic E-state index is 12.7. The van der Waals surface area contributed by atoms with Crippen molar-refractivity contribution in [1.29, 1.82) is 0 Å². The van der Waals surface area contributed by atoms with E-state index in [1.807, 2.05) is 6.92 Å². The number of nitrogens with one attached hydrogen (secondary N) is 1. The van der Waals surface area contributed by atoms with Gasteiger partial charge in [-0.3, -0.25) is 4.31 Å². The summed E-state index contributed by atoms with van der Waals surface area (Å²) in [6, 6.07) is 5.35. The van der Waals surface area contributed by atoms with E-state index < -0.39 is 10.0 Å². The number of fused-ring (bicyclic) bond motifs is 1. The van der Waals surface area contributed by atoms with Crippen LogP contribution in [0.1, 0.15) is 18.3 Å². The van der Waals surface area contributed by atoms with E-state index in [2.05, 4.69) is 9.97 Å². The molecule has 6 nitrogen and oxygen atoms in total. The molecule has 7 heteroatoms. The molecule has 20 heavy (non-hydrogen) atoms. The van der Waals surface area contributed by atoms with Gasteiger partial charge in [0.2, 0.25) is 0 Å². The van der Waals surface area contributed by atoms with Crippen molar-refractivity contribution < 1.29 is 8.42 Å². The molecule has 0 fully saturated rings. The fourth-order valence-corrected chi connectivity index (χ4v) is 3.89. The van der Waals surface area contributed by atoms with Crippen LogP contribution < -0.4 is 10.0 Å². The number of H-pyrrole nitrogens is 1. The second-order valence-corrected chi connectivity index (χ2v) is 6.55. The first-order valence-electron chi connectivity index (χ1n) is 6.48. The standard InChI is InChI=1S/C13H16N4O2S/c1-2-12-15-8-13(16-12)20(18,19)17-7-6-9-10(14)4-3-5-11(9)17/h3-5,8H,2,6-7,14H2,1H3,(H,15,16). The number of rotatable bonds is 3. The molecule has 2 aromatic rings. The van der Waals surface area contributed by atoms with E-state index in [1.54, 1.807) is 18.2 Å². The summed E-state index contributed by atoms with van der Waals surface area (Å²) in [5.74, 6) is 0.663. The number of aromatic nitrogens is 2. The van der Waals surface area contributed by atoms with Gasteiger partial charge >= 0.3 is 0 Å². The predicted molar refractivity (Wildman–Crippen MR) is 77.1 cm³/mol. The molecule has 0 aliphatic carbocycles. The lowest BCUT2D eigenvalue weighted by molar-refractivity contribution is 0.589. The Labute approximate surface area is 117 Å². The molecular formula is C13H16N4O2S. The number of anilines is 2. The summed E-state index contributed by atoms with van der Waals surface area (Å²) >= 11 is 0. The van der Waals surface area contributed by atoms with Crippen LogP contribution in [0.15, 0.2) is 29.4 Å². The van der Waals surface area contributed by atoms with Crippen molar-refractivity contribution in [3.05, 3.63) is 35.8 Å².